The van der Waals surface area contributed by atoms with E-state index in [1.54, 1.807) is 0 Å². The van der Waals surface area contributed by atoms with Gasteiger partial charge < -0.3 is 10.2 Å². The molecule has 1 aliphatic heterocycles. The van der Waals surface area contributed by atoms with E-state index in [4.69, 9.17) is 0 Å². The van der Waals surface area contributed by atoms with Crippen LogP contribution >= 0.6 is 0 Å². The number of hydrogen-bond acceptors (Lipinski definition) is 3. The average Bonchev–Trinajstić information content (AvgIpc) is 2.96. The Hall–Kier alpha value is -0.940. The second-order valence-electron chi connectivity index (χ2n) is 4.61. The summed E-state index contributed by atoms with van der Waals surface area (Å²) in [5.41, 5.74) is -1.49. The predicted molar refractivity (Wildman–Crippen MR) is 55.3 cm³/mol. The highest BCUT2D eigenvalue weighted by molar-refractivity contribution is 5.80. The fourth-order valence-electron chi connectivity index (χ4n) is 1.87. The molecule has 0 aromatic rings. The van der Waals surface area contributed by atoms with Gasteiger partial charge in [-0.1, -0.05) is 0 Å². The molecule has 1 fully saturated rings. The number of alkyl halides is 3. The molecular weight excluding hydrogens is 219 g/mol. The number of rotatable bonds is 2. The van der Waals surface area contributed by atoms with Crippen LogP contribution in [0.15, 0.2) is 4.99 Å². The van der Waals surface area contributed by atoms with Gasteiger partial charge in [0.1, 0.15) is 0 Å². The molecule has 0 bridgehead atoms. The van der Waals surface area contributed by atoms with Gasteiger partial charge in [0.15, 0.2) is 5.96 Å². The van der Waals surface area contributed by atoms with Crippen molar-refractivity contribution in [1.29, 1.82) is 0 Å². The summed E-state index contributed by atoms with van der Waals surface area (Å²) >= 11 is 0. The Kier molecular flexibility index (Phi) is 2.75. The van der Waals surface area contributed by atoms with Crippen LogP contribution in [0, 0.1) is 5.41 Å². The zero-order valence-electron chi connectivity index (χ0n) is 9.27. The van der Waals surface area contributed by atoms with Gasteiger partial charge in [-0.15, -0.1) is 0 Å². The maximum atomic E-state index is 12.7. The molecule has 0 unspecified atom stereocenters. The van der Waals surface area contributed by atoms with Crippen molar-refractivity contribution in [2.75, 3.05) is 26.7 Å². The van der Waals surface area contributed by atoms with E-state index in [-0.39, 0.29) is 19.4 Å². The molecule has 1 aliphatic carbocycles. The maximum absolute atomic E-state index is 12.7. The van der Waals surface area contributed by atoms with E-state index in [1.807, 2.05) is 11.9 Å². The highest BCUT2D eigenvalue weighted by Crippen LogP contribution is 2.57. The average molecular weight is 235 g/mol. The summed E-state index contributed by atoms with van der Waals surface area (Å²) in [6.07, 6.45) is -2.65. The van der Waals surface area contributed by atoms with Crippen molar-refractivity contribution in [3.05, 3.63) is 0 Å². The van der Waals surface area contributed by atoms with Crippen molar-refractivity contribution in [3.63, 3.8) is 0 Å². The molecule has 1 N–H and O–H groups in total. The number of hydrogen-bond donors (Lipinski definition) is 1. The van der Waals surface area contributed by atoms with Crippen LogP contribution in [0.5, 0.6) is 0 Å². The molecule has 2 aliphatic rings. The minimum Gasteiger partial charge on any atom is -0.355 e. The van der Waals surface area contributed by atoms with Crippen LogP contribution in [-0.4, -0.2) is 43.7 Å². The van der Waals surface area contributed by atoms with Crippen molar-refractivity contribution >= 4 is 5.96 Å². The summed E-state index contributed by atoms with van der Waals surface area (Å²) in [7, 11) is 1.85. The fourth-order valence-corrected chi connectivity index (χ4v) is 1.87. The van der Waals surface area contributed by atoms with Gasteiger partial charge in [-0.05, 0) is 19.3 Å². The molecule has 16 heavy (non-hydrogen) atoms. The lowest BCUT2D eigenvalue weighted by molar-refractivity contribution is -0.184. The third-order valence-electron chi connectivity index (χ3n) is 3.31. The number of aliphatic imine (C=N–C) groups is 1. The Morgan fingerprint density at radius 1 is 1.44 bits per heavy atom. The SMILES string of the molecule is CN1CCCN=C1NCC1(C(F)(F)F)CC1. The molecule has 0 spiro atoms. The zero-order valence-corrected chi connectivity index (χ0v) is 9.27. The Balaban J connectivity index is 1.90. The quantitative estimate of drug-likeness (QED) is 0.787. The van der Waals surface area contributed by atoms with Gasteiger partial charge in [0, 0.05) is 26.7 Å². The van der Waals surface area contributed by atoms with E-state index >= 15 is 0 Å². The molecule has 0 aromatic carbocycles. The summed E-state index contributed by atoms with van der Waals surface area (Å²) in [4.78, 5) is 6.06. The summed E-state index contributed by atoms with van der Waals surface area (Å²) in [5, 5.41) is 2.84. The van der Waals surface area contributed by atoms with Crippen LogP contribution in [0.3, 0.4) is 0 Å². The van der Waals surface area contributed by atoms with Crippen molar-refractivity contribution in [3.8, 4) is 0 Å². The number of nitrogens with zero attached hydrogens (tertiary/aromatic N) is 2. The molecule has 3 nitrogen and oxygen atoms in total. The number of guanidine groups is 1. The van der Waals surface area contributed by atoms with Crippen LogP contribution in [0.1, 0.15) is 19.3 Å². The molecule has 0 aromatic heterocycles. The van der Waals surface area contributed by atoms with Crippen LogP contribution in [-0.2, 0) is 0 Å². The van der Waals surface area contributed by atoms with Crippen molar-refractivity contribution in [1.82, 2.24) is 10.2 Å². The van der Waals surface area contributed by atoms with Gasteiger partial charge in [0.2, 0.25) is 0 Å². The van der Waals surface area contributed by atoms with Gasteiger partial charge in [-0.3, -0.25) is 4.99 Å². The highest BCUT2D eigenvalue weighted by atomic mass is 19.4. The van der Waals surface area contributed by atoms with Gasteiger partial charge in [-0.2, -0.15) is 13.2 Å². The topological polar surface area (TPSA) is 27.6 Å². The Labute approximate surface area is 92.7 Å². The summed E-state index contributed by atoms with van der Waals surface area (Å²) in [6.45, 7) is 1.51. The molecule has 2 rings (SSSR count). The van der Waals surface area contributed by atoms with Gasteiger partial charge in [0.05, 0.1) is 5.41 Å². The largest absolute Gasteiger partial charge is 0.396 e. The minimum atomic E-state index is -4.09. The second-order valence-corrected chi connectivity index (χ2v) is 4.61. The highest BCUT2D eigenvalue weighted by Gasteiger charge is 2.63. The Bertz CT molecular complexity index is 294. The van der Waals surface area contributed by atoms with Gasteiger partial charge in [-0.25, -0.2) is 0 Å². The molecule has 1 saturated carbocycles. The van der Waals surface area contributed by atoms with E-state index in [0.29, 0.717) is 12.5 Å². The van der Waals surface area contributed by atoms with Crippen molar-refractivity contribution in [2.24, 2.45) is 10.4 Å². The molecule has 0 amide bonds. The first-order chi connectivity index (χ1) is 7.45. The van der Waals surface area contributed by atoms with Crippen LogP contribution in [0.25, 0.3) is 0 Å². The lowest BCUT2D eigenvalue weighted by Gasteiger charge is -2.28. The van der Waals surface area contributed by atoms with E-state index in [9.17, 15) is 13.2 Å². The van der Waals surface area contributed by atoms with Crippen LogP contribution < -0.4 is 5.32 Å². The molecular formula is C10H16F3N3. The summed E-state index contributed by atoms with van der Waals surface area (Å²) < 4.78 is 38.0. The van der Waals surface area contributed by atoms with Gasteiger partial charge in [0.25, 0.3) is 0 Å². The molecule has 0 atom stereocenters. The molecule has 1 heterocycles. The van der Waals surface area contributed by atoms with E-state index < -0.39 is 11.6 Å². The first-order valence-electron chi connectivity index (χ1n) is 5.51. The third-order valence-corrected chi connectivity index (χ3v) is 3.31. The molecule has 0 saturated heterocycles. The summed E-state index contributed by atoms with van der Waals surface area (Å²) in [5.74, 6) is 0.599. The maximum Gasteiger partial charge on any atom is 0.396 e. The number of halogens is 3. The molecule has 6 heteroatoms. The lowest BCUT2D eigenvalue weighted by atomic mass is 10.1. The minimum absolute atomic E-state index is 0.0420. The number of nitrogens with one attached hydrogen (secondary N) is 1. The zero-order chi connectivity index (χ0) is 11.8. The smallest absolute Gasteiger partial charge is 0.355 e. The van der Waals surface area contributed by atoms with Crippen LogP contribution in [0.2, 0.25) is 0 Å². The van der Waals surface area contributed by atoms with Crippen molar-refractivity contribution < 1.29 is 13.2 Å². The predicted octanol–water partition coefficient (Wildman–Crippen LogP) is 1.61. The molecule has 0 radical (unpaired) electrons. The first kappa shape index (κ1) is 11.5. The fraction of sp³-hybridized carbons (Fsp3) is 0.900. The van der Waals surface area contributed by atoms with Gasteiger partial charge >= 0.3 is 6.18 Å². The first-order valence-corrected chi connectivity index (χ1v) is 5.51. The van der Waals surface area contributed by atoms with E-state index in [1.165, 1.54) is 0 Å². The van der Waals surface area contributed by atoms with E-state index in [0.717, 1.165) is 13.0 Å². The Morgan fingerprint density at radius 2 is 2.12 bits per heavy atom. The Morgan fingerprint density at radius 3 is 2.62 bits per heavy atom. The monoisotopic (exact) mass is 235 g/mol. The van der Waals surface area contributed by atoms with Crippen molar-refractivity contribution in [2.45, 2.75) is 25.4 Å². The second kappa shape index (κ2) is 3.82. The lowest BCUT2D eigenvalue weighted by Crippen LogP contribution is -2.46. The third kappa shape index (κ3) is 2.10. The summed E-state index contributed by atoms with van der Waals surface area (Å²) in [6, 6.07) is 0. The van der Waals surface area contributed by atoms with E-state index in [2.05, 4.69) is 10.3 Å². The molecule has 92 valence electrons. The normalized spacial score (nSPS) is 24.0. The van der Waals surface area contributed by atoms with Crippen LogP contribution in [0.4, 0.5) is 13.2 Å². The standard InChI is InChI=1S/C10H16F3N3/c1-16-6-2-5-14-8(16)15-7-9(3-4-9)10(11,12)13/h2-7H2,1H3,(H,14,15).